The Morgan fingerprint density at radius 1 is 1.48 bits per heavy atom. The zero-order valence-corrected chi connectivity index (χ0v) is 13.0. The van der Waals surface area contributed by atoms with Crippen molar-refractivity contribution in [3.05, 3.63) is 36.0 Å². The van der Waals surface area contributed by atoms with Crippen LogP contribution >= 0.6 is 0 Å². The smallest absolute Gasteiger partial charge is 0.408 e. The molecule has 0 fully saturated rings. The standard InChI is InChI=1S/C16H23NO4/c1-10-6-7-12(8-11(10)2)9-13(14(18)19)17-15(20)21-16(3,4)5/h6-8,10,13H,2,9H2,1,3-5H3,(H,17,20)(H,18,19). The molecule has 2 N–H and O–H groups in total. The minimum absolute atomic E-state index is 0.191. The Balaban J connectivity index is 2.69. The van der Waals surface area contributed by atoms with Gasteiger partial charge in [0.2, 0.25) is 0 Å². The van der Waals surface area contributed by atoms with Gasteiger partial charge in [0.05, 0.1) is 0 Å². The molecular weight excluding hydrogens is 270 g/mol. The first-order valence-corrected chi connectivity index (χ1v) is 6.88. The molecule has 0 aromatic heterocycles. The highest BCUT2D eigenvalue weighted by atomic mass is 16.6. The summed E-state index contributed by atoms with van der Waals surface area (Å²) in [5.74, 6) is -0.852. The molecule has 1 aliphatic carbocycles. The van der Waals surface area contributed by atoms with Gasteiger partial charge in [0.25, 0.3) is 0 Å². The number of hydrogen-bond acceptors (Lipinski definition) is 3. The summed E-state index contributed by atoms with van der Waals surface area (Å²) in [6.45, 7) is 11.1. The highest BCUT2D eigenvalue weighted by Crippen LogP contribution is 2.23. The van der Waals surface area contributed by atoms with Crippen LogP contribution in [0.25, 0.3) is 0 Å². The van der Waals surface area contributed by atoms with Gasteiger partial charge in [-0.2, -0.15) is 0 Å². The van der Waals surface area contributed by atoms with Crippen LogP contribution in [0.5, 0.6) is 0 Å². The third kappa shape index (κ3) is 5.85. The Morgan fingerprint density at radius 2 is 2.10 bits per heavy atom. The second-order valence-electron chi connectivity index (χ2n) is 6.18. The van der Waals surface area contributed by atoms with Crippen molar-refractivity contribution in [3.63, 3.8) is 0 Å². The van der Waals surface area contributed by atoms with Crippen LogP contribution in [0.4, 0.5) is 4.79 Å². The zero-order chi connectivity index (χ0) is 16.2. The second kappa shape index (κ2) is 6.61. The fourth-order valence-corrected chi connectivity index (χ4v) is 1.82. The lowest BCUT2D eigenvalue weighted by Gasteiger charge is -2.23. The number of ether oxygens (including phenoxy) is 1. The van der Waals surface area contributed by atoms with Crippen molar-refractivity contribution in [1.82, 2.24) is 5.32 Å². The van der Waals surface area contributed by atoms with E-state index in [-0.39, 0.29) is 12.3 Å². The highest BCUT2D eigenvalue weighted by Gasteiger charge is 2.25. The van der Waals surface area contributed by atoms with Crippen molar-refractivity contribution in [2.45, 2.75) is 45.8 Å². The molecule has 2 unspecified atom stereocenters. The summed E-state index contributed by atoms with van der Waals surface area (Å²) in [5.41, 5.74) is 1.08. The molecule has 1 rings (SSSR count). The fraction of sp³-hybridized carbons (Fsp3) is 0.500. The molecule has 0 aliphatic heterocycles. The van der Waals surface area contributed by atoms with Crippen LogP contribution in [0, 0.1) is 5.92 Å². The van der Waals surface area contributed by atoms with E-state index in [9.17, 15) is 14.7 Å². The van der Waals surface area contributed by atoms with Gasteiger partial charge in [-0.05, 0) is 37.8 Å². The van der Waals surface area contributed by atoms with Crippen LogP contribution in [-0.2, 0) is 9.53 Å². The largest absolute Gasteiger partial charge is 0.480 e. The van der Waals surface area contributed by atoms with Gasteiger partial charge in [0.15, 0.2) is 0 Å². The maximum atomic E-state index is 11.7. The number of hydrogen-bond donors (Lipinski definition) is 2. The summed E-state index contributed by atoms with van der Waals surface area (Å²) in [7, 11) is 0. The average Bonchev–Trinajstić information content (AvgIpc) is 2.30. The quantitative estimate of drug-likeness (QED) is 0.835. The van der Waals surface area contributed by atoms with Gasteiger partial charge in [-0.15, -0.1) is 0 Å². The number of carbonyl (C=O) groups excluding carboxylic acids is 1. The van der Waals surface area contributed by atoms with E-state index in [0.717, 1.165) is 11.1 Å². The molecule has 0 bridgehead atoms. The normalized spacial score (nSPS) is 19.7. The number of carboxylic acids is 1. The number of carboxylic acid groups (broad SMARTS) is 1. The van der Waals surface area contributed by atoms with Crippen molar-refractivity contribution >= 4 is 12.1 Å². The first kappa shape index (κ1) is 17.0. The van der Waals surface area contributed by atoms with Crippen molar-refractivity contribution in [1.29, 1.82) is 0 Å². The number of alkyl carbamates (subject to hydrolysis) is 1. The number of carbonyl (C=O) groups is 2. The lowest BCUT2D eigenvalue weighted by Crippen LogP contribution is -2.43. The van der Waals surface area contributed by atoms with E-state index in [1.54, 1.807) is 20.8 Å². The predicted octanol–water partition coefficient (Wildman–Crippen LogP) is 3.04. The van der Waals surface area contributed by atoms with E-state index in [1.165, 1.54) is 0 Å². The van der Waals surface area contributed by atoms with Gasteiger partial charge in [-0.1, -0.05) is 31.7 Å². The summed E-state index contributed by atoms with van der Waals surface area (Å²) in [6, 6.07) is -1.03. The molecule has 116 valence electrons. The van der Waals surface area contributed by atoms with Gasteiger partial charge in [-0.25, -0.2) is 9.59 Å². The second-order valence-corrected chi connectivity index (χ2v) is 6.18. The number of rotatable bonds is 4. The molecule has 0 aromatic rings. The van der Waals surface area contributed by atoms with E-state index in [4.69, 9.17) is 4.74 Å². The third-order valence-corrected chi connectivity index (χ3v) is 2.98. The molecule has 21 heavy (non-hydrogen) atoms. The maximum absolute atomic E-state index is 11.7. The monoisotopic (exact) mass is 293 g/mol. The third-order valence-electron chi connectivity index (χ3n) is 2.98. The fourth-order valence-electron chi connectivity index (χ4n) is 1.82. The Bertz CT molecular complexity index is 497. The minimum Gasteiger partial charge on any atom is -0.480 e. The summed E-state index contributed by atoms with van der Waals surface area (Å²) >= 11 is 0. The first-order valence-electron chi connectivity index (χ1n) is 6.88. The van der Waals surface area contributed by atoms with Gasteiger partial charge in [0.1, 0.15) is 11.6 Å². The van der Waals surface area contributed by atoms with Gasteiger partial charge < -0.3 is 15.2 Å². The van der Waals surface area contributed by atoms with Gasteiger partial charge >= 0.3 is 12.1 Å². The Morgan fingerprint density at radius 3 is 2.57 bits per heavy atom. The topological polar surface area (TPSA) is 75.6 Å². The Kier molecular flexibility index (Phi) is 5.35. The highest BCUT2D eigenvalue weighted by molar-refractivity contribution is 5.80. The van der Waals surface area contributed by atoms with Crippen LogP contribution in [0.1, 0.15) is 34.1 Å². The molecule has 2 atom stereocenters. The number of allylic oxidation sites excluding steroid dienone is 4. The molecule has 0 aromatic carbocycles. The summed E-state index contributed by atoms with van der Waals surface area (Å²) in [4.78, 5) is 23.0. The van der Waals surface area contributed by atoms with Crippen LogP contribution in [0.15, 0.2) is 36.0 Å². The number of nitrogens with one attached hydrogen (secondary N) is 1. The van der Waals surface area contributed by atoms with Crippen molar-refractivity contribution in [2.75, 3.05) is 0 Å². The van der Waals surface area contributed by atoms with Crippen molar-refractivity contribution in [3.8, 4) is 0 Å². The van der Waals surface area contributed by atoms with Crippen molar-refractivity contribution < 1.29 is 19.4 Å². The molecule has 1 aliphatic rings. The molecule has 0 heterocycles. The minimum atomic E-state index is -1.10. The lowest BCUT2D eigenvalue weighted by atomic mass is 9.91. The lowest BCUT2D eigenvalue weighted by molar-refractivity contribution is -0.139. The SMILES string of the molecule is C=C1C=C(CC(NC(=O)OC(C)(C)C)C(=O)O)C=CC1C. The van der Waals surface area contributed by atoms with Crippen LogP contribution in [-0.4, -0.2) is 28.8 Å². The van der Waals surface area contributed by atoms with E-state index in [2.05, 4.69) is 11.9 Å². The molecule has 0 saturated carbocycles. The number of aliphatic carboxylic acids is 1. The van der Waals surface area contributed by atoms with Crippen LogP contribution < -0.4 is 5.32 Å². The van der Waals surface area contributed by atoms with E-state index >= 15 is 0 Å². The summed E-state index contributed by atoms with van der Waals surface area (Å²) in [5, 5.41) is 11.6. The van der Waals surface area contributed by atoms with E-state index < -0.39 is 23.7 Å². The molecule has 0 saturated heterocycles. The molecule has 0 radical (unpaired) electrons. The molecular formula is C16H23NO4. The van der Waals surface area contributed by atoms with Crippen molar-refractivity contribution in [2.24, 2.45) is 5.92 Å². The van der Waals surface area contributed by atoms with Crippen LogP contribution in [0.3, 0.4) is 0 Å². The van der Waals surface area contributed by atoms with E-state index in [0.29, 0.717) is 0 Å². The van der Waals surface area contributed by atoms with E-state index in [1.807, 2.05) is 25.2 Å². The van der Waals surface area contributed by atoms with Crippen LogP contribution in [0.2, 0.25) is 0 Å². The average molecular weight is 293 g/mol. The Hall–Kier alpha value is -2.04. The summed E-state index contributed by atoms with van der Waals surface area (Å²) in [6.07, 6.45) is 5.15. The molecule has 0 spiro atoms. The maximum Gasteiger partial charge on any atom is 0.408 e. The molecule has 5 nitrogen and oxygen atoms in total. The zero-order valence-electron chi connectivity index (χ0n) is 13.0. The predicted molar refractivity (Wildman–Crippen MR) is 80.9 cm³/mol. The first-order chi connectivity index (χ1) is 9.58. The van der Waals surface area contributed by atoms with Gasteiger partial charge in [-0.3, -0.25) is 0 Å². The van der Waals surface area contributed by atoms with Gasteiger partial charge in [0, 0.05) is 6.42 Å². The molecule has 1 amide bonds. The Labute approximate surface area is 125 Å². The molecule has 5 heteroatoms. The summed E-state index contributed by atoms with van der Waals surface area (Å²) < 4.78 is 5.08. The number of amides is 1.